The van der Waals surface area contributed by atoms with Gasteiger partial charge in [-0.05, 0) is 71.4 Å². The van der Waals surface area contributed by atoms with Crippen molar-refractivity contribution in [2.45, 2.75) is 26.2 Å². The van der Waals surface area contributed by atoms with Gasteiger partial charge in [0.25, 0.3) is 0 Å². The zero-order valence-electron chi connectivity index (χ0n) is 22.7. The van der Waals surface area contributed by atoms with Crippen LogP contribution in [0.4, 0.5) is 14.5 Å². The van der Waals surface area contributed by atoms with Crippen molar-refractivity contribution in [1.82, 2.24) is 10.2 Å². The fraction of sp³-hybridized carbons (Fsp3) is 0.290. The average molecular weight is 535 g/mol. The molecule has 2 aromatic carbocycles. The van der Waals surface area contributed by atoms with E-state index in [2.05, 4.69) is 17.5 Å². The molecule has 4 N–H and O–H groups in total. The number of halogens is 2. The van der Waals surface area contributed by atoms with Crippen LogP contribution in [0, 0.1) is 11.2 Å². The number of nitrogen functional groups attached to an aromatic ring is 1. The van der Waals surface area contributed by atoms with E-state index in [1.807, 2.05) is 13.0 Å². The van der Waals surface area contributed by atoms with Crippen LogP contribution in [0.25, 0.3) is 5.57 Å². The maximum absolute atomic E-state index is 15.2. The third kappa shape index (κ3) is 7.97. The Kier molecular flexibility index (Phi) is 10.8. The Balaban J connectivity index is 1.85. The molecular formula is C31H36F2N4O2. The number of ether oxygens (including phenoxy) is 1. The van der Waals surface area contributed by atoms with Gasteiger partial charge >= 0.3 is 0 Å². The van der Waals surface area contributed by atoms with Gasteiger partial charge in [0.1, 0.15) is 6.61 Å². The normalized spacial score (nSPS) is 13.7. The van der Waals surface area contributed by atoms with Gasteiger partial charge < -0.3 is 20.7 Å². The van der Waals surface area contributed by atoms with Gasteiger partial charge in [-0.3, -0.25) is 10.2 Å². The third-order valence-electron chi connectivity index (χ3n) is 6.36. The molecule has 0 fully saturated rings. The van der Waals surface area contributed by atoms with Gasteiger partial charge in [-0.2, -0.15) is 4.39 Å². The molecule has 0 saturated heterocycles. The molecule has 0 saturated carbocycles. The predicted octanol–water partition coefficient (Wildman–Crippen LogP) is 5.80. The molecule has 8 heteroatoms. The molecule has 1 amide bonds. The first-order chi connectivity index (χ1) is 18.7. The highest BCUT2D eigenvalue weighted by Crippen LogP contribution is 2.37. The van der Waals surface area contributed by atoms with Gasteiger partial charge in [0.2, 0.25) is 11.9 Å². The second-order valence-electron chi connectivity index (χ2n) is 9.31. The molecule has 206 valence electrons. The fourth-order valence-electron chi connectivity index (χ4n) is 4.34. The van der Waals surface area contributed by atoms with E-state index in [1.165, 1.54) is 17.0 Å². The van der Waals surface area contributed by atoms with Crippen LogP contribution in [-0.2, 0) is 4.79 Å². The molecule has 0 unspecified atom stereocenters. The minimum absolute atomic E-state index is 0.00632. The van der Waals surface area contributed by atoms with E-state index >= 15 is 4.39 Å². The number of anilines is 1. The van der Waals surface area contributed by atoms with Crippen LogP contribution in [0.3, 0.4) is 0 Å². The second kappa shape index (κ2) is 14.2. The number of hydrogen-bond donors (Lipinski definition) is 3. The van der Waals surface area contributed by atoms with Crippen molar-refractivity contribution in [2.75, 3.05) is 39.5 Å². The monoisotopic (exact) mass is 534 g/mol. The zero-order chi connectivity index (χ0) is 28.4. The van der Waals surface area contributed by atoms with E-state index < -0.39 is 11.8 Å². The molecular weight excluding hydrogens is 498 g/mol. The first-order valence-electron chi connectivity index (χ1n) is 13.0. The van der Waals surface area contributed by atoms with Crippen molar-refractivity contribution in [3.8, 4) is 5.75 Å². The standard InChI is InChI=1S/C31H36F2N4O2/c1-4-24(21-9-6-5-7-10-21)30(22-12-14-27(34)25(19-22)31(33)35)23-13-15-28(26(32)20-23)39-18-17-36-16-8-11-29(38)37(2)3/h5-6,8-9,11-15,19-20,35-36H,4,7,10,16-18,34H2,1-3H3/b11-8+,30-24-,35-31?. The van der Waals surface area contributed by atoms with E-state index in [4.69, 9.17) is 15.9 Å². The molecule has 0 heterocycles. The van der Waals surface area contributed by atoms with Crippen molar-refractivity contribution in [1.29, 1.82) is 5.41 Å². The van der Waals surface area contributed by atoms with Gasteiger partial charge in [0.15, 0.2) is 11.6 Å². The molecule has 2 aromatic rings. The summed E-state index contributed by atoms with van der Waals surface area (Å²) in [4.78, 5) is 13.0. The summed E-state index contributed by atoms with van der Waals surface area (Å²) in [5.74, 6) is -1.60. The fourth-order valence-corrected chi connectivity index (χ4v) is 4.34. The Morgan fingerprint density at radius 2 is 1.95 bits per heavy atom. The van der Waals surface area contributed by atoms with E-state index in [0.29, 0.717) is 30.6 Å². The lowest BCUT2D eigenvalue weighted by molar-refractivity contribution is -0.123. The Morgan fingerprint density at radius 1 is 1.21 bits per heavy atom. The maximum atomic E-state index is 15.2. The lowest BCUT2D eigenvalue weighted by Crippen LogP contribution is -2.22. The summed E-state index contributed by atoms with van der Waals surface area (Å²) in [5.41, 5.74) is 10.3. The Hall–Kier alpha value is -4.04. The van der Waals surface area contributed by atoms with Crippen molar-refractivity contribution >= 4 is 23.1 Å². The summed E-state index contributed by atoms with van der Waals surface area (Å²) in [7, 11) is 3.37. The van der Waals surface area contributed by atoms with Crippen molar-refractivity contribution in [3.05, 3.63) is 100 Å². The number of nitrogens with one attached hydrogen (secondary N) is 2. The van der Waals surface area contributed by atoms with Crippen LogP contribution in [0.15, 0.2) is 77.9 Å². The zero-order valence-corrected chi connectivity index (χ0v) is 22.7. The number of carbonyl (C=O) groups excluding carboxylic acids is 1. The van der Waals surface area contributed by atoms with Crippen LogP contribution in [-0.4, -0.2) is 50.6 Å². The first-order valence-corrected chi connectivity index (χ1v) is 13.0. The predicted molar refractivity (Wildman–Crippen MR) is 154 cm³/mol. The van der Waals surface area contributed by atoms with Gasteiger partial charge in [0, 0.05) is 38.9 Å². The molecule has 0 spiro atoms. The van der Waals surface area contributed by atoms with Crippen LogP contribution in [0.1, 0.15) is 42.9 Å². The highest BCUT2D eigenvalue weighted by molar-refractivity contribution is 5.98. The molecule has 1 aliphatic carbocycles. The largest absolute Gasteiger partial charge is 0.489 e. The summed E-state index contributed by atoms with van der Waals surface area (Å²) in [6, 6.07) is 9.73. The molecule has 0 aromatic heterocycles. The summed E-state index contributed by atoms with van der Waals surface area (Å²) < 4.78 is 34.8. The number of carbonyl (C=O) groups is 1. The molecule has 0 aliphatic heterocycles. The molecule has 39 heavy (non-hydrogen) atoms. The summed E-state index contributed by atoms with van der Waals surface area (Å²) >= 11 is 0. The quantitative estimate of drug-likeness (QED) is 0.139. The number of allylic oxidation sites excluding steroid dienone is 5. The number of likely N-dealkylation sites (N-methyl/N-ethyl adjacent to an activating group) is 1. The number of rotatable bonds is 12. The van der Waals surface area contributed by atoms with Crippen molar-refractivity contribution < 1.29 is 18.3 Å². The lowest BCUT2D eigenvalue weighted by atomic mass is 9.85. The van der Waals surface area contributed by atoms with Gasteiger partial charge in [0.05, 0.1) is 5.56 Å². The Labute approximate surface area is 229 Å². The minimum Gasteiger partial charge on any atom is -0.489 e. The van der Waals surface area contributed by atoms with Crippen LogP contribution < -0.4 is 15.8 Å². The smallest absolute Gasteiger partial charge is 0.245 e. The van der Waals surface area contributed by atoms with Gasteiger partial charge in [-0.1, -0.05) is 43.4 Å². The second-order valence-corrected chi connectivity index (χ2v) is 9.31. The van der Waals surface area contributed by atoms with E-state index in [9.17, 15) is 9.18 Å². The highest BCUT2D eigenvalue weighted by atomic mass is 19.1. The molecule has 0 bridgehead atoms. The minimum atomic E-state index is -1.12. The Morgan fingerprint density at radius 3 is 2.59 bits per heavy atom. The SMILES string of the molecule is CC/C(C1=CC=CCC1)=C(/c1ccc(OCCNC/C=C/C(=O)N(C)C)c(F)c1)c1ccc(N)c(C(=N)F)c1. The van der Waals surface area contributed by atoms with E-state index in [1.54, 1.807) is 50.5 Å². The number of nitrogens with zero attached hydrogens (tertiary/aromatic N) is 1. The number of nitrogens with two attached hydrogens (primary N) is 1. The van der Waals surface area contributed by atoms with E-state index in [0.717, 1.165) is 29.6 Å². The first kappa shape index (κ1) is 29.5. The summed E-state index contributed by atoms with van der Waals surface area (Å²) in [6.45, 7) is 3.24. The van der Waals surface area contributed by atoms with Gasteiger partial charge in [-0.15, -0.1) is 0 Å². The number of amides is 1. The van der Waals surface area contributed by atoms with E-state index in [-0.39, 0.29) is 29.5 Å². The summed E-state index contributed by atoms with van der Waals surface area (Å²) in [5, 5.41) is 10.6. The number of hydrogen-bond acceptors (Lipinski definition) is 5. The van der Waals surface area contributed by atoms with Crippen molar-refractivity contribution in [3.63, 3.8) is 0 Å². The Bertz CT molecular complexity index is 1330. The third-order valence-corrected chi connectivity index (χ3v) is 6.36. The lowest BCUT2D eigenvalue weighted by Gasteiger charge is -2.20. The number of benzene rings is 2. The highest BCUT2D eigenvalue weighted by Gasteiger charge is 2.19. The average Bonchev–Trinajstić information content (AvgIpc) is 2.92. The topological polar surface area (TPSA) is 91.4 Å². The molecule has 0 radical (unpaired) electrons. The van der Waals surface area contributed by atoms with Crippen LogP contribution >= 0.6 is 0 Å². The molecule has 0 atom stereocenters. The molecule has 3 rings (SSSR count). The maximum Gasteiger partial charge on any atom is 0.245 e. The van der Waals surface area contributed by atoms with Crippen molar-refractivity contribution in [2.24, 2.45) is 0 Å². The molecule has 6 nitrogen and oxygen atoms in total. The summed E-state index contributed by atoms with van der Waals surface area (Å²) in [6.07, 6.45) is 11.8. The van der Waals surface area contributed by atoms with Crippen LogP contribution in [0.2, 0.25) is 0 Å². The van der Waals surface area contributed by atoms with Gasteiger partial charge in [-0.25, -0.2) is 4.39 Å². The van der Waals surface area contributed by atoms with Crippen LogP contribution in [0.5, 0.6) is 5.75 Å². The molecule has 1 aliphatic rings.